The van der Waals surface area contributed by atoms with E-state index in [2.05, 4.69) is 24.2 Å². The van der Waals surface area contributed by atoms with Crippen LogP contribution in [0.3, 0.4) is 0 Å². The average Bonchev–Trinajstić information content (AvgIpc) is 2.70. The van der Waals surface area contributed by atoms with Gasteiger partial charge in [-0.1, -0.05) is 6.07 Å². The van der Waals surface area contributed by atoms with E-state index < -0.39 is 0 Å². The molecule has 0 radical (unpaired) electrons. The number of thioether (sulfide) groups is 1. The third-order valence-corrected chi connectivity index (χ3v) is 3.78. The first-order valence-electron chi connectivity index (χ1n) is 5.62. The minimum Gasteiger partial charge on any atom is -0.398 e. The van der Waals surface area contributed by atoms with E-state index in [-0.39, 0.29) is 0 Å². The van der Waals surface area contributed by atoms with Gasteiger partial charge in [-0.05, 0) is 37.1 Å². The zero-order chi connectivity index (χ0) is 12.3. The Morgan fingerprint density at radius 3 is 2.88 bits per heavy atom. The van der Waals surface area contributed by atoms with Crippen LogP contribution in [0.2, 0.25) is 0 Å². The maximum Gasteiger partial charge on any atom is 0.0492 e. The largest absolute Gasteiger partial charge is 0.398 e. The highest BCUT2D eigenvalue weighted by atomic mass is 32.2. The number of nitrogen functional groups attached to an aromatic ring is 1. The second-order valence-electron chi connectivity index (χ2n) is 4.09. The van der Waals surface area contributed by atoms with E-state index in [1.165, 1.54) is 16.2 Å². The van der Waals surface area contributed by atoms with Crippen molar-refractivity contribution < 1.29 is 0 Å². The average molecular weight is 247 g/mol. The number of anilines is 1. The molecular formula is C13H17N3S. The third-order valence-electron chi connectivity index (χ3n) is 2.71. The first-order chi connectivity index (χ1) is 8.16. The molecule has 0 saturated carbocycles. The smallest absolute Gasteiger partial charge is 0.0492 e. The van der Waals surface area contributed by atoms with Gasteiger partial charge in [0.2, 0.25) is 0 Å². The summed E-state index contributed by atoms with van der Waals surface area (Å²) in [5, 5.41) is 4.16. The highest BCUT2D eigenvalue weighted by molar-refractivity contribution is 7.99. The fourth-order valence-electron chi connectivity index (χ4n) is 1.68. The Hall–Kier alpha value is -1.42. The van der Waals surface area contributed by atoms with Crippen LogP contribution < -0.4 is 5.73 Å². The predicted octanol–water partition coefficient (Wildman–Crippen LogP) is 2.65. The van der Waals surface area contributed by atoms with Crippen LogP contribution >= 0.6 is 11.8 Å². The van der Waals surface area contributed by atoms with Gasteiger partial charge in [-0.2, -0.15) is 5.10 Å². The summed E-state index contributed by atoms with van der Waals surface area (Å²) in [5.41, 5.74) is 9.31. The minimum atomic E-state index is 0.866. The van der Waals surface area contributed by atoms with Crippen molar-refractivity contribution in [3.63, 3.8) is 0 Å². The Bertz CT molecular complexity index is 505. The SMILES string of the molecule is Cc1ccc(N)c(SCCc2ccnn2C)c1. The lowest BCUT2D eigenvalue weighted by molar-refractivity contribution is 0.720. The van der Waals surface area contributed by atoms with Gasteiger partial charge in [-0.3, -0.25) is 4.68 Å². The lowest BCUT2D eigenvalue weighted by atomic mass is 10.2. The molecule has 0 amide bonds. The van der Waals surface area contributed by atoms with Crippen molar-refractivity contribution in [3.05, 3.63) is 41.7 Å². The number of nitrogens with two attached hydrogens (primary N) is 1. The second-order valence-corrected chi connectivity index (χ2v) is 5.22. The van der Waals surface area contributed by atoms with Gasteiger partial charge in [-0.15, -0.1) is 11.8 Å². The third kappa shape index (κ3) is 3.03. The van der Waals surface area contributed by atoms with E-state index >= 15 is 0 Å². The molecule has 1 heterocycles. The molecule has 17 heavy (non-hydrogen) atoms. The second kappa shape index (κ2) is 5.27. The molecule has 0 bridgehead atoms. The van der Waals surface area contributed by atoms with Crippen molar-refractivity contribution in [1.82, 2.24) is 9.78 Å². The molecule has 2 rings (SSSR count). The quantitative estimate of drug-likeness (QED) is 0.667. The van der Waals surface area contributed by atoms with E-state index in [0.29, 0.717) is 0 Å². The van der Waals surface area contributed by atoms with Gasteiger partial charge in [0.15, 0.2) is 0 Å². The molecule has 0 aliphatic heterocycles. The summed E-state index contributed by atoms with van der Waals surface area (Å²) in [7, 11) is 1.97. The van der Waals surface area contributed by atoms with E-state index in [1.54, 1.807) is 11.8 Å². The minimum absolute atomic E-state index is 0.866. The zero-order valence-electron chi connectivity index (χ0n) is 10.2. The molecule has 2 N–H and O–H groups in total. The number of benzene rings is 1. The molecular weight excluding hydrogens is 230 g/mol. The predicted molar refractivity (Wildman–Crippen MR) is 73.2 cm³/mol. The van der Waals surface area contributed by atoms with Crippen molar-refractivity contribution in [3.8, 4) is 0 Å². The molecule has 4 heteroatoms. The van der Waals surface area contributed by atoms with Crippen LogP contribution in [0.1, 0.15) is 11.3 Å². The number of rotatable bonds is 4. The number of aromatic nitrogens is 2. The standard InChI is InChI=1S/C13H17N3S/c1-10-3-4-12(14)13(9-10)17-8-6-11-5-7-15-16(11)2/h3-5,7,9H,6,8,14H2,1-2H3. The fourth-order valence-corrected chi connectivity index (χ4v) is 2.71. The molecule has 2 aromatic rings. The van der Waals surface area contributed by atoms with E-state index in [0.717, 1.165) is 17.9 Å². The van der Waals surface area contributed by atoms with Crippen LogP contribution in [-0.2, 0) is 13.5 Å². The summed E-state index contributed by atoms with van der Waals surface area (Å²) in [6.45, 7) is 2.09. The van der Waals surface area contributed by atoms with Crippen molar-refractivity contribution in [1.29, 1.82) is 0 Å². The van der Waals surface area contributed by atoms with Crippen molar-refractivity contribution in [2.75, 3.05) is 11.5 Å². The van der Waals surface area contributed by atoms with Crippen molar-refractivity contribution in [2.24, 2.45) is 7.05 Å². The summed E-state index contributed by atoms with van der Waals surface area (Å²) in [4.78, 5) is 1.17. The van der Waals surface area contributed by atoms with Gasteiger partial charge in [0.25, 0.3) is 0 Å². The van der Waals surface area contributed by atoms with Gasteiger partial charge in [0.05, 0.1) is 0 Å². The van der Waals surface area contributed by atoms with Gasteiger partial charge >= 0.3 is 0 Å². The topological polar surface area (TPSA) is 43.8 Å². The Kier molecular flexibility index (Phi) is 3.74. The molecule has 0 fully saturated rings. The summed E-state index contributed by atoms with van der Waals surface area (Å²) in [6, 6.07) is 8.21. The zero-order valence-corrected chi connectivity index (χ0v) is 11.0. The fraction of sp³-hybridized carbons (Fsp3) is 0.308. The van der Waals surface area contributed by atoms with Gasteiger partial charge in [0, 0.05) is 35.3 Å². The van der Waals surface area contributed by atoms with Crippen LogP contribution in [0.4, 0.5) is 5.69 Å². The Balaban J connectivity index is 1.94. The molecule has 0 saturated heterocycles. The summed E-state index contributed by atoms with van der Waals surface area (Å²) >= 11 is 1.80. The first kappa shape index (κ1) is 12.0. The number of hydrogen-bond acceptors (Lipinski definition) is 3. The molecule has 90 valence electrons. The normalized spacial score (nSPS) is 10.7. The van der Waals surface area contributed by atoms with E-state index in [1.807, 2.05) is 30.1 Å². The molecule has 0 aliphatic rings. The molecule has 1 aromatic heterocycles. The molecule has 0 spiro atoms. The van der Waals surface area contributed by atoms with Crippen LogP contribution in [0, 0.1) is 6.92 Å². The van der Waals surface area contributed by atoms with Crippen LogP contribution in [-0.4, -0.2) is 15.5 Å². The Labute approximate surface area is 106 Å². The molecule has 0 atom stereocenters. The number of aryl methyl sites for hydroxylation is 3. The first-order valence-corrected chi connectivity index (χ1v) is 6.61. The number of hydrogen-bond donors (Lipinski definition) is 1. The lowest BCUT2D eigenvalue weighted by Crippen LogP contribution is -1.99. The monoisotopic (exact) mass is 247 g/mol. The van der Waals surface area contributed by atoms with Crippen LogP contribution in [0.15, 0.2) is 35.4 Å². The van der Waals surface area contributed by atoms with Crippen LogP contribution in [0.5, 0.6) is 0 Å². The highest BCUT2D eigenvalue weighted by Crippen LogP contribution is 2.26. The van der Waals surface area contributed by atoms with E-state index in [4.69, 9.17) is 5.73 Å². The number of nitrogens with zero attached hydrogens (tertiary/aromatic N) is 2. The maximum atomic E-state index is 5.94. The lowest BCUT2D eigenvalue weighted by Gasteiger charge is -2.06. The van der Waals surface area contributed by atoms with Gasteiger partial charge < -0.3 is 5.73 Å². The van der Waals surface area contributed by atoms with Gasteiger partial charge in [-0.25, -0.2) is 0 Å². The van der Waals surface area contributed by atoms with Crippen LogP contribution in [0.25, 0.3) is 0 Å². The van der Waals surface area contributed by atoms with Crippen molar-refractivity contribution in [2.45, 2.75) is 18.2 Å². The molecule has 1 aromatic carbocycles. The Morgan fingerprint density at radius 1 is 1.35 bits per heavy atom. The maximum absolute atomic E-state index is 5.94. The van der Waals surface area contributed by atoms with Crippen molar-refractivity contribution >= 4 is 17.4 Å². The summed E-state index contributed by atoms with van der Waals surface area (Å²) in [5.74, 6) is 1.02. The van der Waals surface area contributed by atoms with E-state index in [9.17, 15) is 0 Å². The summed E-state index contributed by atoms with van der Waals surface area (Å²) < 4.78 is 1.92. The van der Waals surface area contributed by atoms with Gasteiger partial charge in [0.1, 0.15) is 0 Å². The molecule has 0 aliphatic carbocycles. The molecule has 0 unspecified atom stereocenters. The highest BCUT2D eigenvalue weighted by Gasteiger charge is 2.02. The Morgan fingerprint density at radius 2 is 2.18 bits per heavy atom. The summed E-state index contributed by atoms with van der Waals surface area (Å²) in [6.07, 6.45) is 2.84. The molecule has 3 nitrogen and oxygen atoms in total.